The molecule has 79 heavy (non-hydrogen) atoms. The van der Waals surface area contributed by atoms with E-state index >= 15 is 0 Å². The number of carbonyl (C=O) groups excluding carboxylic acids is 3. The maximum Gasteiger partial charge on any atom is 0.306 e. The lowest BCUT2D eigenvalue weighted by molar-refractivity contribution is -0.167. The van der Waals surface area contributed by atoms with Crippen LogP contribution in [0.15, 0.2) is 122 Å². The zero-order valence-electron chi connectivity index (χ0n) is 51.6. The molecule has 0 aliphatic heterocycles. The van der Waals surface area contributed by atoms with Gasteiger partial charge in [0.25, 0.3) is 0 Å². The number of hydrogen-bond donors (Lipinski definition) is 0. The Kier molecular flexibility index (Phi) is 62.8. The summed E-state index contributed by atoms with van der Waals surface area (Å²) in [6.07, 6.45) is 92.0. The van der Waals surface area contributed by atoms with E-state index in [9.17, 15) is 14.4 Å². The molecule has 6 nitrogen and oxygen atoms in total. The normalized spacial score (nSPS) is 12.9. The number of esters is 3. The quantitative estimate of drug-likeness (QED) is 0.0261. The number of allylic oxidation sites excluding steroid dienone is 20. The third-order valence-corrected chi connectivity index (χ3v) is 14.0. The monoisotopic (exact) mass is 1090 g/mol. The Morgan fingerprint density at radius 3 is 0.810 bits per heavy atom. The minimum atomic E-state index is -0.804. The van der Waals surface area contributed by atoms with Crippen molar-refractivity contribution in [1.29, 1.82) is 0 Å². The van der Waals surface area contributed by atoms with Gasteiger partial charge >= 0.3 is 17.9 Å². The highest BCUT2D eigenvalue weighted by Gasteiger charge is 2.19. The summed E-state index contributed by atoms with van der Waals surface area (Å²) in [7, 11) is 0. The highest BCUT2D eigenvalue weighted by molar-refractivity contribution is 5.71. The first-order chi connectivity index (χ1) is 39.0. The predicted octanol–water partition coefficient (Wildman–Crippen LogP) is 22.8. The summed E-state index contributed by atoms with van der Waals surface area (Å²) in [5.74, 6) is -0.940. The summed E-state index contributed by atoms with van der Waals surface area (Å²) < 4.78 is 16.9. The molecule has 0 saturated carbocycles. The first-order valence-corrected chi connectivity index (χ1v) is 33.0. The molecular weight excluding hydrogens is 973 g/mol. The molecule has 0 amide bonds. The number of hydrogen-bond acceptors (Lipinski definition) is 6. The molecule has 0 N–H and O–H groups in total. The van der Waals surface area contributed by atoms with Gasteiger partial charge in [0.05, 0.1) is 0 Å². The summed E-state index contributed by atoms with van der Waals surface area (Å²) in [5, 5.41) is 0. The molecule has 0 heterocycles. The van der Waals surface area contributed by atoms with Gasteiger partial charge in [0.2, 0.25) is 0 Å². The van der Waals surface area contributed by atoms with Gasteiger partial charge in [-0.15, -0.1) is 0 Å². The highest BCUT2D eigenvalue weighted by Crippen LogP contribution is 2.16. The fourth-order valence-corrected chi connectivity index (χ4v) is 9.02. The Bertz CT molecular complexity index is 1640. The average Bonchev–Trinajstić information content (AvgIpc) is 3.45. The van der Waals surface area contributed by atoms with Crippen LogP contribution in [0.25, 0.3) is 0 Å². The van der Waals surface area contributed by atoms with Crippen LogP contribution in [0.3, 0.4) is 0 Å². The van der Waals surface area contributed by atoms with E-state index in [0.717, 1.165) is 116 Å². The van der Waals surface area contributed by atoms with Crippen molar-refractivity contribution in [3.05, 3.63) is 122 Å². The molecular formula is C73H122O6. The van der Waals surface area contributed by atoms with Gasteiger partial charge < -0.3 is 14.2 Å². The third kappa shape index (κ3) is 64.5. The van der Waals surface area contributed by atoms with Crippen LogP contribution in [0, 0.1) is 0 Å². The third-order valence-electron chi connectivity index (χ3n) is 14.0. The molecule has 450 valence electrons. The molecule has 0 aliphatic carbocycles. The summed E-state index contributed by atoms with van der Waals surface area (Å²) >= 11 is 0. The maximum atomic E-state index is 12.9. The van der Waals surface area contributed by atoms with E-state index in [0.29, 0.717) is 25.7 Å². The van der Waals surface area contributed by atoms with Gasteiger partial charge in [0.15, 0.2) is 6.10 Å². The van der Waals surface area contributed by atoms with Gasteiger partial charge in [0.1, 0.15) is 13.2 Å². The van der Waals surface area contributed by atoms with E-state index in [1.54, 1.807) is 0 Å². The minimum absolute atomic E-state index is 0.0949. The molecule has 0 spiro atoms. The van der Waals surface area contributed by atoms with E-state index in [2.05, 4.69) is 142 Å². The average molecular weight is 1100 g/mol. The van der Waals surface area contributed by atoms with Gasteiger partial charge in [-0.1, -0.05) is 290 Å². The van der Waals surface area contributed by atoms with Crippen molar-refractivity contribution in [1.82, 2.24) is 0 Å². The first kappa shape index (κ1) is 74.8. The molecule has 0 radical (unpaired) electrons. The van der Waals surface area contributed by atoms with Gasteiger partial charge in [-0.05, 0) is 116 Å². The molecule has 0 saturated heterocycles. The van der Waals surface area contributed by atoms with E-state index in [1.807, 2.05) is 0 Å². The Hall–Kier alpha value is -4.19. The van der Waals surface area contributed by atoms with Crippen LogP contribution in [-0.4, -0.2) is 37.2 Å². The zero-order chi connectivity index (χ0) is 57.1. The molecule has 1 atom stereocenters. The highest BCUT2D eigenvalue weighted by atomic mass is 16.6. The molecule has 0 aromatic rings. The van der Waals surface area contributed by atoms with Crippen LogP contribution >= 0.6 is 0 Å². The predicted molar refractivity (Wildman–Crippen MR) is 343 cm³/mol. The van der Waals surface area contributed by atoms with E-state index in [1.165, 1.54) is 141 Å². The lowest BCUT2D eigenvalue weighted by Crippen LogP contribution is -2.30. The molecule has 6 heteroatoms. The van der Waals surface area contributed by atoms with E-state index < -0.39 is 6.10 Å². The number of ether oxygens (including phenoxy) is 3. The Labute approximate surface area is 488 Å². The van der Waals surface area contributed by atoms with Crippen LogP contribution in [0.4, 0.5) is 0 Å². The Morgan fingerprint density at radius 2 is 0.494 bits per heavy atom. The van der Waals surface area contributed by atoms with Gasteiger partial charge in [-0.25, -0.2) is 0 Å². The molecule has 0 aliphatic rings. The molecule has 0 fully saturated rings. The Morgan fingerprint density at radius 1 is 0.266 bits per heavy atom. The van der Waals surface area contributed by atoms with Crippen molar-refractivity contribution in [2.45, 2.75) is 309 Å². The topological polar surface area (TPSA) is 78.9 Å². The van der Waals surface area contributed by atoms with Crippen LogP contribution in [0.2, 0.25) is 0 Å². The van der Waals surface area contributed by atoms with Crippen molar-refractivity contribution in [3.63, 3.8) is 0 Å². The second kappa shape index (κ2) is 66.3. The molecule has 1 unspecified atom stereocenters. The van der Waals surface area contributed by atoms with E-state index in [4.69, 9.17) is 14.2 Å². The number of carbonyl (C=O) groups is 3. The standard InChI is InChI=1S/C73H122O6/c1-4-7-10-13-16-19-22-25-28-31-33-34-35-36-37-38-39-40-41-43-45-48-51-54-57-60-63-66-72(75)78-69-70(68-77-71(74)65-62-59-56-53-50-47-44-30-27-24-21-18-15-12-9-6-3)79-73(76)67-64-61-58-55-52-49-46-42-32-29-26-23-20-17-14-11-8-5-2/h7,10,16,19-20,23,25,28-29,32-34,36-37,39-40,43,45,51,54,70H,4-6,8-9,11-15,17-18,21-22,24,26-27,30-31,35,38,41-42,44,46-50,52-53,55-69H2,1-3H3/b10-7-,19-16-,23-20-,28-25-,32-29-,34-33-,37-36-,40-39-,45-43-,54-51-. The zero-order valence-corrected chi connectivity index (χ0v) is 51.6. The first-order valence-electron chi connectivity index (χ1n) is 33.0. The summed E-state index contributed by atoms with van der Waals surface area (Å²) in [5.41, 5.74) is 0. The van der Waals surface area contributed by atoms with Crippen molar-refractivity contribution < 1.29 is 28.6 Å². The maximum absolute atomic E-state index is 12.9. The Balaban J connectivity index is 4.46. The molecule has 0 aromatic heterocycles. The second-order valence-electron chi connectivity index (χ2n) is 21.6. The second-order valence-corrected chi connectivity index (χ2v) is 21.6. The van der Waals surface area contributed by atoms with Gasteiger partial charge in [-0.3, -0.25) is 14.4 Å². The van der Waals surface area contributed by atoms with E-state index in [-0.39, 0.29) is 31.1 Å². The molecule has 0 bridgehead atoms. The molecule has 0 aromatic carbocycles. The summed E-state index contributed by atoms with van der Waals surface area (Å²) in [6.45, 7) is 6.49. The SMILES string of the molecule is CC/C=C\C/C=C\C/C=C\C/C=C\C/C=C\C/C=C\C/C=C\C/C=C\CCCCC(=O)OCC(COC(=O)CCCCCCCCCCCCCCCCCC)OC(=O)CCCCCCCCC/C=C\C/C=C\CCCCCC. The van der Waals surface area contributed by atoms with Crippen molar-refractivity contribution >= 4 is 17.9 Å². The fraction of sp³-hybridized carbons (Fsp3) is 0.685. The van der Waals surface area contributed by atoms with Crippen LogP contribution in [0.5, 0.6) is 0 Å². The van der Waals surface area contributed by atoms with Crippen LogP contribution < -0.4 is 0 Å². The number of rotatable bonds is 59. The van der Waals surface area contributed by atoms with Crippen LogP contribution in [-0.2, 0) is 28.6 Å². The fourth-order valence-electron chi connectivity index (χ4n) is 9.02. The van der Waals surface area contributed by atoms with Crippen molar-refractivity contribution in [2.24, 2.45) is 0 Å². The van der Waals surface area contributed by atoms with Crippen LogP contribution in [0.1, 0.15) is 303 Å². The summed E-state index contributed by atoms with van der Waals surface area (Å²) in [6, 6.07) is 0. The molecule has 0 rings (SSSR count). The minimum Gasteiger partial charge on any atom is -0.462 e. The summed E-state index contributed by atoms with van der Waals surface area (Å²) in [4.78, 5) is 38.4. The van der Waals surface area contributed by atoms with Crippen molar-refractivity contribution in [3.8, 4) is 0 Å². The lowest BCUT2D eigenvalue weighted by atomic mass is 10.0. The lowest BCUT2D eigenvalue weighted by Gasteiger charge is -2.18. The van der Waals surface area contributed by atoms with Gasteiger partial charge in [0, 0.05) is 19.3 Å². The van der Waals surface area contributed by atoms with Gasteiger partial charge in [-0.2, -0.15) is 0 Å². The van der Waals surface area contributed by atoms with Crippen molar-refractivity contribution in [2.75, 3.05) is 13.2 Å². The number of unbranched alkanes of at least 4 members (excludes halogenated alkanes) is 28. The largest absolute Gasteiger partial charge is 0.462 e. The smallest absolute Gasteiger partial charge is 0.306 e.